The number of rotatable bonds is 4. The molecule has 20 heavy (non-hydrogen) atoms. The summed E-state index contributed by atoms with van der Waals surface area (Å²) in [4.78, 5) is 19.4. The molecule has 0 aliphatic heterocycles. The van der Waals surface area contributed by atoms with Crippen molar-refractivity contribution < 1.29 is 9.53 Å². The molecular weight excluding hydrogens is 276 g/mol. The Morgan fingerprint density at radius 1 is 1.55 bits per heavy atom. The molecule has 1 amide bonds. The molecule has 0 atom stereocenters. The first-order chi connectivity index (χ1) is 9.39. The minimum atomic E-state index is -0.590. The number of pyridine rings is 1. The number of carbonyl (C=O) groups excluding carboxylic acids is 1. The molecule has 0 aliphatic carbocycles. The smallest absolute Gasteiger partial charge is 0.227 e. The van der Waals surface area contributed by atoms with Crippen molar-refractivity contribution in [3.8, 4) is 5.88 Å². The van der Waals surface area contributed by atoms with Crippen LogP contribution in [0.15, 0.2) is 12.1 Å². The molecule has 2 N–H and O–H groups in total. The van der Waals surface area contributed by atoms with E-state index in [1.807, 2.05) is 24.5 Å². The fourth-order valence-corrected chi connectivity index (χ4v) is 2.34. The molecule has 6 nitrogen and oxygen atoms in total. The minimum Gasteiger partial charge on any atom is -0.481 e. The van der Waals surface area contributed by atoms with Gasteiger partial charge in [-0.3, -0.25) is 4.79 Å². The van der Waals surface area contributed by atoms with Crippen LogP contribution >= 0.6 is 12.2 Å². The van der Waals surface area contributed by atoms with Gasteiger partial charge in [0.1, 0.15) is 0 Å². The second-order valence-electron chi connectivity index (χ2n) is 5.20. The summed E-state index contributed by atoms with van der Waals surface area (Å²) in [6, 6.07) is 3.63. The van der Waals surface area contributed by atoms with Crippen molar-refractivity contribution in [2.45, 2.75) is 20.4 Å². The Hall–Kier alpha value is -1.89. The number of hydrogen-bond acceptors (Lipinski definition) is 4. The molecule has 0 unspecified atom stereocenters. The van der Waals surface area contributed by atoms with E-state index in [-0.39, 0.29) is 5.91 Å². The lowest BCUT2D eigenvalue weighted by molar-refractivity contribution is -0.129. The average molecular weight is 294 g/mol. The zero-order valence-electron chi connectivity index (χ0n) is 12.0. The van der Waals surface area contributed by atoms with E-state index in [0.717, 1.165) is 5.52 Å². The lowest BCUT2D eigenvalue weighted by Crippen LogP contribution is -2.37. The maximum atomic E-state index is 11.9. The van der Waals surface area contributed by atoms with Gasteiger partial charge in [0.05, 0.1) is 18.0 Å². The molecule has 0 aromatic carbocycles. The number of aromatic amines is 1. The highest BCUT2D eigenvalue weighted by molar-refractivity contribution is 7.71. The van der Waals surface area contributed by atoms with Gasteiger partial charge in [0.2, 0.25) is 11.8 Å². The Kier molecular flexibility index (Phi) is 3.80. The molecule has 0 aliphatic rings. The minimum absolute atomic E-state index is 0.0448. The number of ether oxygens (including phenoxy) is 1. The SMILES string of the molecule is CNC(=O)C(C)(C)Cn1c(=S)[nH]c2ccc(OC)nc21. The summed E-state index contributed by atoms with van der Waals surface area (Å²) < 4.78 is 7.50. The summed E-state index contributed by atoms with van der Waals surface area (Å²) in [5.74, 6) is 0.467. The molecule has 0 fully saturated rings. The second kappa shape index (κ2) is 5.24. The summed E-state index contributed by atoms with van der Waals surface area (Å²) in [6.45, 7) is 4.17. The number of imidazole rings is 1. The van der Waals surface area contributed by atoms with Crippen LogP contribution in [-0.4, -0.2) is 34.6 Å². The van der Waals surface area contributed by atoms with Crippen molar-refractivity contribution in [2.75, 3.05) is 14.2 Å². The lowest BCUT2D eigenvalue weighted by Gasteiger charge is -2.23. The van der Waals surface area contributed by atoms with Crippen molar-refractivity contribution in [1.82, 2.24) is 19.9 Å². The molecule has 2 aromatic heterocycles. The summed E-state index contributed by atoms with van der Waals surface area (Å²) >= 11 is 5.32. The number of hydrogen-bond donors (Lipinski definition) is 2. The first-order valence-corrected chi connectivity index (χ1v) is 6.65. The monoisotopic (exact) mass is 294 g/mol. The molecule has 0 saturated carbocycles. The van der Waals surface area contributed by atoms with Crippen LogP contribution in [0.2, 0.25) is 0 Å². The third kappa shape index (κ3) is 2.53. The molecule has 2 rings (SSSR count). The average Bonchev–Trinajstić information content (AvgIpc) is 2.73. The Bertz CT molecular complexity index is 702. The molecular formula is C13H18N4O2S. The Morgan fingerprint density at radius 2 is 2.25 bits per heavy atom. The molecule has 2 aromatic rings. The van der Waals surface area contributed by atoms with Crippen LogP contribution in [0.25, 0.3) is 11.2 Å². The number of H-pyrrole nitrogens is 1. The highest BCUT2D eigenvalue weighted by Crippen LogP contribution is 2.23. The Labute approximate surface area is 122 Å². The van der Waals surface area contributed by atoms with E-state index in [2.05, 4.69) is 15.3 Å². The first-order valence-electron chi connectivity index (χ1n) is 6.25. The van der Waals surface area contributed by atoms with Crippen molar-refractivity contribution in [2.24, 2.45) is 5.41 Å². The number of carbonyl (C=O) groups is 1. The number of nitrogens with zero attached hydrogens (tertiary/aromatic N) is 2. The third-order valence-corrected chi connectivity index (χ3v) is 3.52. The van der Waals surface area contributed by atoms with Gasteiger partial charge in [-0.2, -0.15) is 4.98 Å². The summed E-state index contributed by atoms with van der Waals surface area (Å²) in [7, 11) is 3.19. The number of fused-ring (bicyclic) bond motifs is 1. The quantitative estimate of drug-likeness (QED) is 0.845. The first kappa shape index (κ1) is 14.5. The highest BCUT2D eigenvalue weighted by Gasteiger charge is 2.28. The normalized spacial score (nSPS) is 11.6. The lowest BCUT2D eigenvalue weighted by atomic mass is 9.92. The van der Waals surface area contributed by atoms with Crippen molar-refractivity contribution in [1.29, 1.82) is 0 Å². The van der Waals surface area contributed by atoms with Crippen LogP contribution in [0.1, 0.15) is 13.8 Å². The van der Waals surface area contributed by atoms with Gasteiger partial charge in [0, 0.05) is 19.7 Å². The summed E-state index contributed by atoms with van der Waals surface area (Å²) in [5, 5.41) is 2.67. The predicted molar refractivity (Wildman–Crippen MR) is 79.3 cm³/mol. The Balaban J connectivity index is 2.51. The molecule has 0 saturated heterocycles. The summed E-state index contributed by atoms with van der Waals surface area (Å²) in [5.41, 5.74) is 0.919. The van der Waals surface area contributed by atoms with Gasteiger partial charge in [0.15, 0.2) is 10.4 Å². The van der Waals surface area contributed by atoms with Gasteiger partial charge in [-0.15, -0.1) is 0 Å². The second-order valence-corrected chi connectivity index (χ2v) is 5.59. The topological polar surface area (TPSA) is 71.9 Å². The zero-order valence-corrected chi connectivity index (χ0v) is 12.8. The van der Waals surface area contributed by atoms with E-state index >= 15 is 0 Å². The van der Waals surface area contributed by atoms with Gasteiger partial charge >= 0.3 is 0 Å². The van der Waals surface area contributed by atoms with Crippen molar-refractivity contribution in [3.05, 3.63) is 16.9 Å². The van der Waals surface area contributed by atoms with Crippen LogP contribution in [0, 0.1) is 10.2 Å². The van der Waals surface area contributed by atoms with Gasteiger partial charge < -0.3 is 19.6 Å². The van der Waals surface area contributed by atoms with Crippen LogP contribution in [0.3, 0.4) is 0 Å². The molecule has 7 heteroatoms. The number of methoxy groups -OCH3 is 1. The standard InChI is InChI=1S/C13H18N4O2S/c1-13(2,11(18)14-3)7-17-10-8(15-12(17)20)5-6-9(16-10)19-4/h5-6H,7H2,1-4H3,(H,14,18)(H,15,20). The van der Waals surface area contributed by atoms with Crippen LogP contribution < -0.4 is 10.1 Å². The van der Waals surface area contributed by atoms with Gasteiger partial charge in [0.25, 0.3) is 0 Å². The summed E-state index contributed by atoms with van der Waals surface area (Å²) in [6.07, 6.45) is 0. The zero-order chi connectivity index (χ0) is 14.9. The molecule has 2 heterocycles. The van der Waals surface area contributed by atoms with Gasteiger partial charge in [-0.05, 0) is 32.1 Å². The van der Waals surface area contributed by atoms with Gasteiger partial charge in [-0.1, -0.05) is 0 Å². The predicted octanol–water partition coefficient (Wildman–Crippen LogP) is 1.87. The highest BCUT2D eigenvalue weighted by atomic mass is 32.1. The fraction of sp³-hybridized carbons (Fsp3) is 0.462. The number of amides is 1. The van der Waals surface area contributed by atoms with Crippen LogP contribution in [-0.2, 0) is 11.3 Å². The Morgan fingerprint density at radius 3 is 2.85 bits per heavy atom. The van der Waals surface area contributed by atoms with E-state index in [9.17, 15) is 4.79 Å². The van der Waals surface area contributed by atoms with Crippen molar-refractivity contribution >= 4 is 29.3 Å². The largest absolute Gasteiger partial charge is 0.481 e. The van der Waals surface area contributed by atoms with E-state index < -0.39 is 5.41 Å². The fourth-order valence-electron chi connectivity index (χ4n) is 2.08. The van der Waals surface area contributed by atoms with Gasteiger partial charge in [-0.25, -0.2) is 0 Å². The van der Waals surface area contributed by atoms with E-state index in [1.54, 1.807) is 20.2 Å². The van der Waals surface area contributed by atoms with Crippen molar-refractivity contribution in [3.63, 3.8) is 0 Å². The van der Waals surface area contributed by atoms with E-state index in [4.69, 9.17) is 17.0 Å². The van der Waals surface area contributed by atoms with E-state index in [0.29, 0.717) is 22.8 Å². The third-order valence-electron chi connectivity index (χ3n) is 3.20. The maximum absolute atomic E-state index is 11.9. The maximum Gasteiger partial charge on any atom is 0.227 e. The molecule has 0 bridgehead atoms. The molecule has 108 valence electrons. The van der Waals surface area contributed by atoms with E-state index in [1.165, 1.54) is 0 Å². The number of nitrogens with one attached hydrogen (secondary N) is 2. The van der Waals surface area contributed by atoms with Crippen LogP contribution in [0.5, 0.6) is 5.88 Å². The molecule has 0 spiro atoms. The number of aromatic nitrogens is 3. The molecule has 0 radical (unpaired) electrons. The van der Waals surface area contributed by atoms with Crippen LogP contribution in [0.4, 0.5) is 0 Å².